The molecule has 4 N–H and O–H groups in total. The first-order valence-electron chi connectivity index (χ1n) is 5.20. The van der Waals surface area contributed by atoms with E-state index >= 15 is 0 Å². The fourth-order valence-corrected chi connectivity index (χ4v) is 1.33. The average Bonchev–Trinajstić information content (AvgIpc) is 2.30. The minimum Gasteiger partial charge on any atom is -0.461 e. The molecule has 0 bridgehead atoms. The molecule has 1 heterocycles. The lowest BCUT2D eigenvalue weighted by Gasteiger charge is -2.14. The molecule has 1 rings (SSSR count). The van der Waals surface area contributed by atoms with Gasteiger partial charge in [-0.2, -0.15) is 0 Å². The summed E-state index contributed by atoms with van der Waals surface area (Å²) >= 11 is 0. The fraction of sp³-hybridized carbons (Fsp3) is 0.400. The van der Waals surface area contributed by atoms with Crippen LogP contribution < -0.4 is 16.2 Å². The van der Waals surface area contributed by atoms with Crippen molar-refractivity contribution in [1.82, 2.24) is 4.98 Å². The third kappa shape index (κ3) is 3.71. The van der Waals surface area contributed by atoms with Gasteiger partial charge in [-0.1, -0.05) is 0 Å². The van der Waals surface area contributed by atoms with E-state index in [9.17, 15) is 18.0 Å². The average molecular weight is 279 g/mol. The number of nitrogens with two attached hydrogens (primary N) is 2. The molecule has 0 amide bonds. The highest BCUT2D eigenvalue weighted by molar-refractivity contribution is 5.91. The molecule has 0 aliphatic carbocycles. The van der Waals surface area contributed by atoms with Crippen LogP contribution >= 0.6 is 0 Å². The van der Waals surface area contributed by atoms with Crippen LogP contribution in [-0.2, 0) is 11.3 Å². The standard InChI is InChI=1S/C10H12F3N3O3/c1-2-18-9(17)8-5(3-14)7(15)6(4-16-8)19-10(11,12)13/h4H,2-3,14H2,1H3,(H2,15,16). The number of nitrogens with zero attached hydrogens (tertiary/aromatic N) is 1. The molecular weight excluding hydrogens is 267 g/mol. The molecule has 0 aromatic carbocycles. The van der Waals surface area contributed by atoms with Crippen molar-refractivity contribution in [3.63, 3.8) is 0 Å². The van der Waals surface area contributed by atoms with Gasteiger partial charge in [0.1, 0.15) is 0 Å². The predicted molar refractivity (Wildman–Crippen MR) is 59.2 cm³/mol. The molecular formula is C10H12F3N3O3. The molecule has 106 valence electrons. The highest BCUT2D eigenvalue weighted by atomic mass is 19.4. The van der Waals surface area contributed by atoms with Crippen LogP contribution in [0.3, 0.4) is 0 Å². The van der Waals surface area contributed by atoms with Crippen LogP contribution in [0.4, 0.5) is 18.9 Å². The van der Waals surface area contributed by atoms with Gasteiger partial charge in [0, 0.05) is 12.1 Å². The first kappa shape index (κ1) is 15.0. The lowest BCUT2D eigenvalue weighted by molar-refractivity contribution is -0.274. The second kappa shape index (κ2) is 5.74. The van der Waals surface area contributed by atoms with E-state index in [0.717, 1.165) is 0 Å². The van der Waals surface area contributed by atoms with Crippen molar-refractivity contribution in [2.45, 2.75) is 19.8 Å². The zero-order valence-corrected chi connectivity index (χ0v) is 9.95. The summed E-state index contributed by atoms with van der Waals surface area (Å²) in [6, 6.07) is 0. The minimum absolute atomic E-state index is 0.0554. The Bertz CT molecular complexity index is 477. The summed E-state index contributed by atoms with van der Waals surface area (Å²) in [5, 5.41) is 0. The molecule has 0 saturated carbocycles. The van der Waals surface area contributed by atoms with E-state index < -0.39 is 23.8 Å². The Morgan fingerprint density at radius 1 is 1.47 bits per heavy atom. The maximum atomic E-state index is 12.1. The molecule has 0 atom stereocenters. The summed E-state index contributed by atoms with van der Waals surface area (Å²) in [5.74, 6) is -1.52. The van der Waals surface area contributed by atoms with Gasteiger partial charge in [-0.15, -0.1) is 13.2 Å². The van der Waals surface area contributed by atoms with Crippen LogP contribution in [0.15, 0.2) is 6.20 Å². The molecule has 0 fully saturated rings. The van der Waals surface area contributed by atoms with Crippen molar-refractivity contribution >= 4 is 11.7 Å². The first-order valence-corrected chi connectivity index (χ1v) is 5.20. The maximum absolute atomic E-state index is 12.1. The molecule has 0 aliphatic rings. The van der Waals surface area contributed by atoms with Gasteiger partial charge in [0.25, 0.3) is 0 Å². The van der Waals surface area contributed by atoms with E-state index in [1.54, 1.807) is 6.92 Å². The summed E-state index contributed by atoms with van der Waals surface area (Å²) < 4.78 is 44.7. The highest BCUT2D eigenvalue weighted by Crippen LogP contribution is 2.31. The number of anilines is 1. The Morgan fingerprint density at radius 2 is 2.11 bits per heavy atom. The number of ether oxygens (including phenoxy) is 2. The molecule has 0 unspecified atom stereocenters. The summed E-state index contributed by atoms with van der Waals surface area (Å²) in [6.45, 7) is 1.39. The second-order valence-corrected chi connectivity index (χ2v) is 3.34. The number of aromatic nitrogens is 1. The Labute approximate surface area is 106 Å². The molecule has 0 radical (unpaired) electrons. The normalized spacial score (nSPS) is 11.2. The van der Waals surface area contributed by atoms with Crippen LogP contribution in [0.5, 0.6) is 5.75 Å². The number of carbonyl (C=O) groups is 1. The van der Waals surface area contributed by atoms with Crippen molar-refractivity contribution in [3.8, 4) is 5.75 Å². The zero-order valence-electron chi connectivity index (χ0n) is 9.95. The molecule has 9 heteroatoms. The van der Waals surface area contributed by atoms with Crippen LogP contribution in [0.2, 0.25) is 0 Å². The smallest absolute Gasteiger partial charge is 0.461 e. The highest BCUT2D eigenvalue weighted by Gasteiger charge is 2.33. The van der Waals surface area contributed by atoms with Crippen LogP contribution in [-0.4, -0.2) is 23.9 Å². The summed E-state index contributed by atoms with van der Waals surface area (Å²) in [6.07, 6.45) is -4.21. The van der Waals surface area contributed by atoms with Crippen molar-refractivity contribution < 1.29 is 27.4 Å². The van der Waals surface area contributed by atoms with E-state index in [0.29, 0.717) is 6.20 Å². The maximum Gasteiger partial charge on any atom is 0.573 e. The number of hydrogen-bond acceptors (Lipinski definition) is 6. The number of nitrogen functional groups attached to an aromatic ring is 1. The van der Waals surface area contributed by atoms with Gasteiger partial charge < -0.3 is 20.9 Å². The Balaban J connectivity index is 3.19. The van der Waals surface area contributed by atoms with Gasteiger partial charge in [-0.25, -0.2) is 9.78 Å². The largest absolute Gasteiger partial charge is 0.573 e. The molecule has 19 heavy (non-hydrogen) atoms. The molecule has 0 aliphatic heterocycles. The number of pyridine rings is 1. The van der Waals surface area contributed by atoms with Gasteiger partial charge in [0.2, 0.25) is 0 Å². The number of esters is 1. The third-order valence-corrected chi connectivity index (χ3v) is 2.09. The van der Waals surface area contributed by atoms with Gasteiger partial charge in [0.05, 0.1) is 18.5 Å². The molecule has 0 saturated heterocycles. The lowest BCUT2D eigenvalue weighted by atomic mass is 10.1. The molecule has 1 aromatic rings. The molecule has 6 nitrogen and oxygen atoms in total. The SMILES string of the molecule is CCOC(=O)c1ncc(OC(F)(F)F)c(N)c1CN. The lowest BCUT2D eigenvalue weighted by Crippen LogP contribution is -2.21. The second-order valence-electron chi connectivity index (χ2n) is 3.34. The van der Waals surface area contributed by atoms with Crippen molar-refractivity contribution in [2.24, 2.45) is 5.73 Å². The minimum atomic E-state index is -4.91. The van der Waals surface area contributed by atoms with Gasteiger partial charge in [-0.3, -0.25) is 0 Å². The number of halogens is 3. The first-order chi connectivity index (χ1) is 8.80. The quantitative estimate of drug-likeness (QED) is 0.803. The van der Waals surface area contributed by atoms with Gasteiger partial charge in [-0.05, 0) is 6.92 Å². The summed E-state index contributed by atoms with van der Waals surface area (Å²) in [5.41, 5.74) is 10.2. The fourth-order valence-electron chi connectivity index (χ4n) is 1.33. The molecule has 0 spiro atoms. The summed E-state index contributed by atoms with van der Waals surface area (Å²) in [7, 11) is 0. The van der Waals surface area contributed by atoms with E-state index in [4.69, 9.17) is 16.2 Å². The van der Waals surface area contributed by atoms with Crippen molar-refractivity contribution in [3.05, 3.63) is 17.5 Å². The number of alkyl halides is 3. The Morgan fingerprint density at radius 3 is 2.58 bits per heavy atom. The van der Waals surface area contributed by atoms with Crippen LogP contribution in [0, 0.1) is 0 Å². The van der Waals surface area contributed by atoms with E-state index in [1.165, 1.54) is 0 Å². The predicted octanol–water partition coefficient (Wildman–Crippen LogP) is 1.20. The monoisotopic (exact) mass is 279 g/mol. The summed E-state index contributed by atoms with van der Waals surface area (Å²) in [4.78, 5) is 15.1. The number of hydrogen-bond donors (Lipinski definition) is 2. The van der Waals surface area contributed by atoms with E-state index in [-0.39, 0.29) is 24.4 Å². The molecule has 1 aromatic heterocycles. The van der Waals surface area contributed by atoms with Crippen molar-refractivity contribution in [2.75, 3.05) is 12.3 Å². The van der Waals surface area contributed by atoms with Gasteiger partial charge in [0.15, 0.2) is 11.4 Å². The van der Waals surface area contributed by atoms with Crippen LogP contribution in [0.1, 0.15) is 23.0 Å². The van der Waals surface area contributed by atoms with Crippen molar-refractivity contribution in [1.29, 1.82) is 0 Å². The third-order valence-electron chi connectivity index (χ3n) is 2.09. The Kier molecular flexibility index (Phi) is 4.54. The van der Waals surface area contributed by atoms with E-state index in [2.05, 4.69) is 9.72 Å². The van der Waals surface area contributed by atoms with E-state index in [1.807, 2.05) is 0 Å². The zero-order chi connectivity index (χ0) is 14.6. The van der Waals surface area contributed by atoms with Gasteiger partial charge >= 0.3 is 12.3 Å². The topological polar surface area (TPSA) is 100 Å². The number of carbonyl (C=O) groups excluding carboxylic acids is 1. The Hall–Kier alpha value is -2.03. The number of rotatable bonds is 4. The van der Waals surface area contributed by atoms with Crippen LogP contribution in [0.25, 0.3) is 0 Å².